The lowest BCUT2D eigenvalue weighted by Crippen LogP contribution is -2.37. The highest BCUT2D eigenvalue weighted by molar-refractivity contribution is 4.72. The minimum Gasteiger partial charge on any atom is -0.383 e. The second kappa shape index (κ2) is 8.93. The van der Waals surface area contributed by atoms with Crippen LogP contribution in [-0.2, 0) is 4.74 Å². The summed E-state index contributed by atoms with van der Waals surface area (Å²) in [5, 5.41) is 7.08. The Morgan fingerprint density at radius 1 is 1.31 bits per heavy atom. The van der Waals surface area contributed by atoms with E-state index in [1.54, 1.807) is 7.11 Å². The summed E-state index contributed by atoms with van der Waals surface area (Å²) in [5.41, 5.74) is 0. The van der Waals surface area contributed by atoms with E-state index in [1.807, 2.05) is 0 Å². The molecule has 0 spiro atoms. The maximum Gasteiger partial charge on any atom is 0.0589 e. The maximum atomic E-state index is 5.05. The summed E-state index contributed by atoms with van der Waals surface area (Å²) in [4.78, 5) is 2.31. The zero-order valence-corrected chi connectivity index (χ0v) is 10.8. The molecule has 0 aliphatic carbocycles. The van der Waals surface area contributed by atoms with Crippen molar-refractivity contribution >= 4 is 0 Å². The van der Waals surface area contributed by atoms with Gasteiger partial charge in [-0.15, -0.1) is 0 Å². The zero-order valence-electron chi connectivity index (χ0n) is 10.8. The fourth-order valence-electron chi connectivity index (χ4n) is 2.04. The van der Waals surface area contributed by atoms with Gasteiger partial charge in [0.15, 0.2) is 0 Å². The molecule has 96 valence electrons. The highest BCUT2D eigenvalue weighted by Gasteiger charge is 2.10. The molecule has 0 radical (unpaired) electrons. The van der Waals surface area contributed by atoms with E-state index in [9.17, 15) is 0 Å². The van der Waals surface area contributed by atoms with Gasteiger partial charge < -0.3 is 20.3 Å². The van der Waals surface area contributed by atoms with E-state index in [4.69, 9.17) is 4.74 Å². The summed E-state index contributed by atoms with van der Waals surface area (Å²) < 4.78 is 5.05. The molecule has 1 unspecified atom stereocenters. The maximum absolute atomic E-state index is 5.05. The summed E-state index contributed by atoms with van der Waals surface area (Å²) in [7, 11) is 3.90. The number of hydrogen-bond acceptors (Lipinski definition) is 4. The van der Waals surface area contributed by atoms with Gasteiger partial charge in [-0.2, -0.15) is 0 Å². The molecule has 0 aromatic carbocycles. The smallest absolute Gasteiger partial charge is 0.0589 e. The molecule has 2 N–H and O–H groups in total. The molecule has 16 heavy (non-hydrogen) atoms. The fraction of sp³-hybridized carbons (Fsp3) is 1.00. The Morgan fingerprint density at radius 3 is 3.00 bits per heavy atom. The first kappa shape index (κ1) is 13.9. The molecule has 1 heterocycles. The van der Waals surface area contributed by atoms with Gasteiger partial charge in [0.2, 0.25) is 0 Å². The molecule has 4 nitrogen and oxygen atoms in total. The number of ether oxygens (including phenoxy) is 1. The van der Waals surface area contributed by atoms with Crippen LogP contribution in [0.2, 0.25) is 0 Å². The van der Waals surface area contributed by atoms with Gasteiger partial charge >= 0.3 is 0 Å². The molecule has 1 aliphatic rings. The van der Waals surface area contributed by atoms with Crippen LogP contribution in [-0.4, -0.2) is 64.4 Å². The highest BCUT2D eigenvalue weighted by Crippen LogP contribution is 2.04. The third kappa shape index (κ3) is 6.43. The van der Waals surface area contributed by atoms with Crippen LogP contribution in [0, 0.1) is 0 Å². The summed E-state index contributed by atoms with van der Waals surface area (Å²) in [6.07, 6.45) is 3.88. The summed E-state index contributed by atoms with van der Waals surface area (Å²) >= 11 is 0. The van der Waals surface area contributed by atoms with Gasteiger partial charge in [0.05, 0.1) is 6.61 Å². The second-order valence-corrected chi connectivity index (χ2v) is 4.63. The lowest BCUT2D eigenvalue weighted by atomic mass is 10.1. The average molecular weight is 229 g/mol. The number of rotatable bonds is 7. The quantitative estimate of drug-likeness (QED) is 0.658. The minimum atomic E-state index is 0.714. The van der Waals surface area contributed by atoms with Crippen LogP contribution in [0.4, 0.5) is 0 Å². The highest BCUT2D eigenvalue weighted by atomic mass is 16.5. The SMILES string of the molecule is COCCN(C)CCNC1CCCNCC1. The molecule has 0 bridgehead atoms. The van der Waals surface area contributed by atoms with Gasteiger partial charge in [-0.1, -0.05) is 0 Å². The molecular weight excluding hydrogens is 202 g/mol. The monoisotopic (exact) mass is 229 g/mol. The van der Waals surface area contributed by atoms with Crippen LogP contribution in [0.5, 0.6) is 0 Å². The molecule has 0 aromatic heterocycles. The van der Waals surface area contributed by atoms with E-state index in [0.717, 1.165) is 32.8 Å². The normalized spacial score (nSPS) is 22.3. The van der Waals surface area contributed by atoms with Crippen molar-refractivity contribution in [1.29, 1.82) is 0 Å². The largest absolute Gasteiger partial charge is 0.383 e. The van der Waals surface area contributed by atoms with E-state index in [-0.39, 0.29) is 0 Å². The third-order valence-electron chi connectivity index (χ3n) is 3.18. The van der Waals surface area contributed by atoms with Crippen molar-refractivity contribution in [2.75, 3.05) is 53.5 Å². The average Bonchev–Trinajstić information content (AvgIpc) is 2.55. The lowest BCUT2D eigenvalue weighted by molar-refractivity contribution is 0.161. The molecule has 1 fully saturated rings. The summed E-state index contributed by atoms with van der Waals surface area (Å²) in [5.74, 6) is 0. The van der Waals surface area contributed by atoms with Crippen LogP contribution < -0.4 is 10.6 Å². The van der Waals surface area contributed by atoms with E-state index in [2.05, 4.69) is 22.6 Å². The first-order valence-electron chi connectivity index (χ1n) is 6.44. The van der Waals surface area contributed by atoms with E-state index in [1.165, 1.54) is 25.8 Å². The van der Waals surface area contributed by atoms with Crippen molar-refractivity contribution in [3.8, 4) is 0 Å². The van der Waals surface area contributed by atoms with Gasteiger partial charge in [0, 0.05) is 32.8 Å². The van der Waals surface area contributed by atoms with Crippen LogP contribution in [0.25, 0.3) is 0 Å². The number of nitrogens with one attached hydrogen (secondary N) is 2. The topological polar surface area (TPSA) is 36.5 Å². The van der Waals surface area contributed by atoms with Crippen LogP contribution >= 0.6 is 0 Å². The van der Waals surface area contributed by atoms with Crippen molar-refractivity contribution in [2.45, 2.75) is 25.3 Å². The molecular formula is C12H27N3O. The van der Waals surface area contributed by atoms with Gasteiger partial charge in [-0.05, 0) is 39.4 Å². The van der Waals surface area contributed by atoms with Gasteiger partial charge in [0.1, 0.15) is 0 Å². The summed E-state index contributed by atoms with van der Waals surface area (Å²) in [6, 6.07) is 0.714. The van der Waals surface area contributed by atoms with Crippen molar-refractivity contribution in [1.82, 2.24) is 15.5 Å². The lowest BCUT2D eigenvalue weighted by Gasteiger charge is -2.20. The molecule has 4 heteroatoms. The van der Waals surface area contributed by atoms with Crippen molar-refractivity contribution in [3.05, 3.63) is 0 Å². The molecule has 1 rings (SSSR count). The number of nitrogens with zero attached hydrogens (tertiary/aromatic N) is 1. The predicted octanol–water partition coefficient (Wildman–Crippen LogP) is 0.296. The molecule has 0 amide bonds. The second-order valence-electron chi connectivity index (χ2n) is 4.63. The molecule has 0 saturated carbocycles. The Kier molecular flexibility index (Phi) is 7.76. The van der Waals surface area contributed by atoms with Crippen molar-refractivity contribution in [2.24, 2.45) is 0 Å². The Morgan fingerprint density at radius 2 is 2.19 bits per heavy atom. The van der Waals surface area contributed by atoms with Gasteiger partial charge in [0.25, 0.3) is 0 Å². The zero-order chi connectivity index (χ0) is 11.6. The van der Waals surface area contributed by atoms with Crippen molar-refractivity contribution < 1.29 is 4.74 Å². The summed E-state index contributed by atoms with van der Waals surface area (Å²) in [6.45, 7) is 6.38. The molecule has 1 saturated heterocycles. The van der Waals surface area contributed by atoms with E-state index >= 15 is 0 Å². The van der Waals surface area contributed by atoms with Gasteiger partial charge in [-0.3, -0.25) is 0 Å². The predicted molar refractivity (Wildman–Crippen MR) is 67.9 cm³/mol. The van der Waals surface area contributed by atoms with E-state index in [0.29, 0.717) is 6.04 Å². The molecule has 0 aromatic rings. The first-order valence-corrected chi connectivity index (χ1v) is 6.44. The first-order chi connectivity index (χ1) is 7.83. The third-order valence-corrected chi connectivity index (χ3v) is 3.18. The minimum absolute atomic E-state index is 0.714. The standard InChI is InChI=1S/C12H27N3O/c1-15(10-11-16-2)9-8-14-12-4-3-6-13-7-5-12/h12-14H,3-11H2,1-2H3. The Labute approximate surface area is 99.7 Å². The molecule has 1 atom stereocenters. The van der Waals surface area contributed by atoms with Crippen LogP contribution in [0.3, 0.4) is 0 Å². The van der Waals surface area contributed by atoms with Crippen molar-refractivity contribution in [3.63, 3.8) is 0 Å². The Hall–Kier alpha value is -0.160. The number of methoxy groups -OCH3 is 1. The molecule has 1 aliphatic heterocycles. The Balaban J connectivity index is 2.00. The van der Waals surface area contributed by atoms with Gasteiger partial charge in [-0.25, -0.2) is 0 Å². The number of hydrogen-bond donors (Lipinski definition) is 2. The fourth-order valence-corrected chi connectivity index (χ4v) is 2.04. The number of likely N-dealkylation sites (N-methyl/N-ethyl adjacent to an activating group) is 1. The van der Waals surface area contributed by atoms with Crippen LogP contribution in [0.1, 0.15) is 19.3 Å². The Bertz CT molecular complexity index is 158. The van der Waals surface area contributed by atoms with Crippen LogP contribution in [0.15, 0.2) is 0 Å². The van der Waals surface area contributed by atoms with E-state index < -0.39 is 0 Å².